The summed E-state index contributed by atoms with van der Waals surface area (Å²) in [6.07, 6.45) is 3.48. The maximum atomic E-state index is 5.50. The standard InChI is InChI=1S/C7H12N4O/c1-2-12-7(3-8-1)4-11-6-9-5-10-11/h5-8H,1-4H2/t7-/m1/s1. The molecule has 0 aromatic carbocycles. The molecule has 1 aliphatic heterocycles. The van der Waals surface area contributed by atoms with E-state index in [-0.39, 0.29) is 6.10 Å². The van der Waals surface area contributed by atoms with Crippen LogP contribution in [0.15, 0.2) is 12.7 Å². The predicted octanol–water partition coefficient (Wildman–Crippen LogP) is -0.733. The highest BCUT2D eigenvalue weighted by Crippen LogP contribution is 1.98. The number of rotatable bonds is 2. The van der Waals surface area contributed by atoms with Crippen molar-refractivity contribution in [2.45, 2.75) is 12.6 Å². The SMILES string of the molecule is c1ncn(C[C@H]2CNCCO2)n1. The van der Waals surface area contributed by atoms with E-state index in [1.807, 2.05) is 0 Å². The van der Waals surface area contributed by atoms with Crippen LogP contribution in [-0.2, 0) is 11.3 Å². The van der Waals surface area contributed by atoms with Gasteiger partial charge in [0, 0.05) is 13.1 Å². The number of nitrogens with zero attached hydrogens (tertiary/aromatic N) is 3. The van der Waals surface area contributed by atoms with E-state index in [1.165, 1.54) is 6.33 Å². The third-order valence-corrected chi connectivity index (χ3v) is 1.86. The number of nitrogens with one attached hydrogen (secondary N) is 1. The van der Waals surface area contributed by atoms with Crippen LogP contribution >= 0.6 is 0 Å². The molecule has 0 spiro atoms. The van der Waals surface area contributed by atoms with E-state index in [0.717, 1.165) is 26.2 Å². The van der Waals surface area contributed by atoms with Gasteiger partial charge in [-0.25, -0.2) is 4.98 Å². The van der Waals surface area contributed by atoms with Crippen molar-refractivity contribution >= 4 is 0 Å². The van der Waals surface area contributed by atoms with Crippen LogP contribution < -0.4 is 5.32 Å². The average molecular weight is 168 g/mol. The predicted molar refractivity (Wildman–Crippen MR) is 42.6 cm³/mol. The average Bonchev–Trinajstić information content (AvgIpc) is 2.59. The Morgan fingerprint density at radius 3 is 3.33 bits per heavy atom. The monoisotopic (exact) mass is 168 g/mol. The Hall–Kier alpha value is -0.940. The van der Waals surface area contributed by atoms with E-state index in [1.54, 1.807) is 11.0 Å². The summed E-state index contributed by atoms with van der Waals surface area (Å²) in [7, 11) is 0. The van der Waals surface area contributed by atoms with Gasteiger partial charge in [-0.2, -0.15) is 5.10 Å². The summed E-state index contributed by atoms with van der Waals surface area (Å²) in [4.78, 5) is 3.86. The zero-order chi connectivity index (χ0) is 8.23. The molecule has 1 aliphatic rings. The second-order valence-corrected chi connectivity index (χ2v) is 2.81. The summed E-state index contributed by atoms with van der Waals surface area (Å²) >= 11 is 0. The Bertz CT molecular complexity index is 217. The van der Waals surface area contributed by atoms with E-state index in [0.29, 0.717) is 0 Å². The molecule has 1 N–H and O–H groups in total. The number of aromatic nitrogens is 3. The Labute approximate surface area is 70.7 Å². The zero-order valence-corrected chi connectivity index (χ0v) is 6.81. The van der Waals surface area contributed by atoms with Gasteiger partial charge in [0.2, 0.25) is 0 Å². The highest BCUT2D eigenvalue weighted by atomic mass is 16.5. The lowest BCUT2D eigenvalue weighted by molar-refractivity contribution is 0.0161. The normalized spacial score (nSPS) is 24.2. The second-order valence-electron chi connectivity index (χ2n) is 2.81. The van der Waals surface area contributed by atoms with Gasteiger partial charge in [-0.3, -0.25) is 4.68 Å². The first-order valence-corrected chi connectivity index (χ1v) is 4.10. The summed E-state index contributed by atoms with van der Waals surface area (Å²) < 4.78 is 7.29. The van der Waals surface area contributed by atoms with Gasteiger partial charge >= 0.3 is 0 Å². The van der Waals surface area contributed by atoms with E-state index in [2.05, 4.69) is 15.4 Å². The Morgan fingerprint density at radius 1 is 1.67 bits per heavy atom. The van der Waals surface area contributed by atoms with Crippen LogP contribution in [0.4, 0.5) is 0 Å². The van der Waals surface area contributed by atoms with Gasteiger partial charge in [0.25, 0.3) is 0 Å². The number of morpholine rings is 1. The van der Waals surface area contributed by atoms with Gasteiger partial charge in [0.05, 0.1) is 19.3 Å². The van der Waals surface area contributed by atoms with Gasteiger partial charge in [-0.05, 0) is 0 Å². The van der Waals surface area contributed by atoms with Crippen molar-refractivity contribution in [3.8, 4) is 0 Å². The zero-order valence-electron chi connectivity index (χ0n) is 6.81. The summed E-state index contributed by atoms with van der Waals surface area (Å²) in [5.74, 6) is 0. The van der Waals surface area contributed by atoms with Crippen LogP contribution in [0.2, 0.25) is 0 Å². The second kappa shape index (κ2) is 3.64. The van der Waals surface area contributed by atoms with Crippen LogP contribution in [0.3, 0.4) is 0 Å². The molecule has 0 unspecified atom stereocenters. The molecule has 0 amide bonds. The van der Waals surface area contributed by atoms with Crippen molar-refractivity contribution in [1.82, 2.24) is 20.1 Å². The molecule has 0 aliphatic carbocycles. The van der Waals surface area contributed by atoms with Gasteiger partial charge in [0.1, 0.15) is 12.7 Å². The molecular weight excluding hydrogens is 156 g/mol. The molecule has 66 valence electrons. The molecular formula is C7H12N4O. The van der Waals surface area contributed by atoms with Crippen LogP contribution in [0.1, 0.15) is 0 Å². The van der Waals surface area contributed by atoms with E-state index in [9.17, 15) is 0 Å². The first kappa shape index (κ1) is 7.70. The summed E-state index contributed by atoms with van der Waals surface area (Å²) in [6, 6.07) is 0. The minimum atomic E-state index is 0.237. The summed E-state index contributed by atoms with van der Waals surface area (Å²) in [6.45, 7) is 3.43. The molecule has 12 heavy (non-hydrogen) atoms. The highest BCUT2D eigenvalue weighted by Gasteiger charge is 2.13. The van der Waals surface area contributed by atoms with Crippen molar-refractivity contribution < 1.29 is 4.74 Å². The molecule has 2 rings (SSSR count). The third kappa shape index (κ3) is 1.80. The topological polar surface area (TPSA) is 52.0 Å². The van der Waals surface area contributed by atoms with Crippen molar-refractivity contribution in [1.29, 1.82) is 0 Å². The minimum Gasteiger partial charge on any atom is -0.374 e. The minimum absolute atomic E-state index is 0.237. The molecule has 0 radical (unpaired) electrons. The first-order valence-electron chi connectivity index (χ1n) is 4.10. The first-order chi connectivity index (χ1) is 5.95. The van der Waals surface area contributed by atoms with Crippen molar-refractivity contribution in [3.63, 3.8) is 0 Å². The Balaban J connectivity index is 1.86. The smallest absolute Gasteiger partial charge is 0.137 e. The molecule has 1 saturated heterocycles. The molecule has 1 aromatic rings. The fourth-order valence-electron chi connectivity index (χ4n) is 1.27. The molecule has 5 heteroatoms. The quantitative estimate of drug-likeness (QED) is 0.632. The van der Waals surface area contributed by atoms with E-state index < -0.39 is 0 Å². The van der Waals surface area contributed by atoms with Crippen molar-refractivity contribution in [3.05, 3.63) is 12.7 Å². The van der Waals surface area contributed by atoms with Gasteiger partial charge in [-0.15, -0.1) is 0 Å². The molecule has 0 bridgehead atoms. The summed E-state index contributed by atoms with van der Waals surface area (Å²) in [5, 5.41) is 7.27. The van der Waals surface area contributed by atoms with E-state index >= 15 is 0 Å². The molecule has 2 heterocycles. The van der Waals surface area contributed by atoms with Crippen LogP contribution in [-0.4, -0.2) is 40.6 Å². The van der Waals surface area contributed by atoms with Crippen LogP contribution in [0, 0.1) is 0 Å². The summed E-state index contributed by atoms with van der Waals surface area (Å²) in [5.41, 5.74) is 0. The number of ether oxygens (including phenoxy) is 1. The van der Waals surface area contributed by atoms with Crippen molar-refractivity contribution in [2.24, 2.45) is 0 Å². The maximum Gasteiger partial charge on any atom is 0.137 e. The molecule has 1 fully saturated rings. The van der Waals surface area contributed by atoms with Gasteiger partial charge < -0.3 is 10.1 Å². The molecule has 0 saturated carbocycles. The van der Waals surface area contributed by atoms with Crippen molar-refractivity contribution in [2.75, 3.05) is 19.7 Å². The lowest BCUT2D eigenvalue weighted by Gasteiger charge is -2.23. The van der Waals surface area contributed by atoms with E-state index in [4.69, 9.17) is 4.74 Å². The number of hydrogen-bond donors (Lipinski definition) is 1. The fourth-order valence-corrected chi connectivity index (χ4v) is 1.27. The Morgan fingerprint density at radius 2 is 2.67 bits per heavy atom. The molecule has 5 nitrogen and oxygen atoms in total. The van der Waals surface area contributed by atoms with Gasteiger partial charge in [-0.1, -0.05) is 0 Å². The number of hydrogen-bond acceptors (Lipinski definition) is 4. The molecule has 1 aromatic heterocycles. The highest BCUT2D eigenvalue weighted by molar-refractivity contribution is 4.68. The third-order valence-electron chi connectivity index (χ3n) is 1.86. The van der Waals surface area contributed by atoms with Crippen LogP contribution in [0.5, 0.6) is 0 Å². The lowest BCUT2D eigenvalue weighted by Crippen LogP contribution is -2.40. The van der Waals surface area contributed by atoms with Crippen LogP contribution in [0.25, 0.3) is 0 Å². The fraction of sp³-hybridized carbons (Fsp3) is 0.714. The lowest BCUT2D eigenvalue weighted by atomic mass is 10.3. The largest absolute Gasteiger partial charge is 0.374 e. The Kier molecular flexibility index (Phi) is 2.33. The van der Waals surface area contributed by atoms with Gasteiger partial charge in [0.15, 0.2) is 0 Å². The molecule has 1 atom stereocenters. The maximum absolute atomic E-state index is 5.50.